The number of aromatic nitrogens is 1. The quantitative estimate of drug-likeness (QED) is 0.674. The number of hydrogen-bond acceptors (Lipinski definition) is 4. The van der Waals surface area contributed by atoms with Gasteiger partial charge in [0.05, 0.1) is 21.8 Å². The van der Waals surface area contributed by atoms with Crippen molar-refractivity contribution < 1.29 is 4.79 Å². The van der Waals surface area contributed by atoms with Crippen LogP contribution >= 0.6 is 11.3 Å². The van der Waals surface area contributed by atoms with Crippen molar-refractivity contribution in [2.45, 2.75) is 19.9 Å². The Bertz CT molecular complexity index is 783. The van der Waals surface area contributed by atoms with Gasteiger partial charge in [-0.3, -0.25) is 9.69 Å². The number of nitrogens with zero attached hydrogens (tertiary/aromatic N) is 2. The average Bonchev–Trinajstić information content (AvgIpc) is 3.04. The molecule has 0 aliphatic carbocycles. The van der Waals surface area contributed by atoms with Crippen LogP contribution in [0, 0.1) is 0 Å². The number of fused-ring (bicyclic) bond motifs is 1. The highest BCUT2D eigenvalue weighted by Crippen LogP contribution is 2.21. The number of hydrogen-bond donors (Lipinski definition) is 1. The Morgan fingerprint density at radius 3 is 2.64 bits per heavy atom. The molecule has 0 unspecified atom stereocenters. The summed E-state index contributed by atoms with van der Waals surface area (Å²) in [5, 5.41) is 4.08. The van der Waals surface area contributed by atoms with E-state index < -0.39 is 0 Å². The molecule has 3 rings (SSSR count). The van der Waals surface area contributed by atoms with Gasteiger partial charge >= 0.3 is 0 Å². The summed E-state index contributed by atoms with van der Waals surface area (Å²) >= 11 is 1.70. The number of rotatable bonds is 8. The lowest BCUT2D eigenvalue weighted by Gasteiger charge is -2.19. The lowest BCUT2D eigenvalue weighted by atomic mass is 10.2. The standard InChI is InChI=1S/C20H23N3OS/c1-2-23(14-16-8-4-3-5-9-16)15-19(24)21-13-12-20-22-17-10-6-7-11-18(17)25-20/h3-11H,2,12-15H2,1H3,(H,21,24). The van der Waals surface area contributed by atoms with E-state index in [1.54, 1.807) is 11.3 Å². The number of carbonyl (C=O) groups is 1. The van der Waals surface area contributed by atoms with Crippen molar-refractivity contribution in [3.8, 4) is 0 Å². The SMILES string of the molecule is CCN(CC(=O)NCCc1nc2ccccc2s1)Cc1ccccc1. The summed E-state index contributed by atoms with van der Waals surface area (Å²) in [6.45, 7) is 4.77. The molecule has 0 fully saturated rings. The summed E-state index contributed by atoms with van der Waals surface area (Å²) in [6.07, 6.45) is 0.774. The van der Waals surface area contributed by atoms with Crippen molar-refractivity contribution in [3.05, 3.63) is 65.2 Å². The molecule has 0 atom stereocenters. The molecule has 130 valence electrons. The maximum atomic E-state index is 12.2. The van der Waals surface area contributed by atoms with E-state index >= 15 is 0 Å². The van der Waals surface area contributed by atoms with Crippen LogP contribution in [0.25, 0.3) is 10.2 Å². The molecule has 1 heterocycles. The molecule has 0 aliphatic rings. The van der Waals surface area contributed by atoms with E-state index in [1.807, 2.05) is 36.4 Å². The van der Waals surface area contributed by atoms with E-state index in [1.165, 1.54) is 10.3 Å². The Kier molecular flexibility index (Phi) is 6.14. The van der Waals surface area contributed by atoms with Gasteiger partial charge in [0.15, 0.2) is 0 Å². The first-order valence-electron chi connectivity index (χ1n) is 8.62. The number of amides is 1. The highest BCUT2D eigenvalue weighted by atomic mass is 32.1. The fourth-order valence-electron chi connectivity index (χ4n) is 2.72. The third-order valence-corrected chi connectivity index (χ3v) is 5.16. The van der Waals surface area contributed by atoms with Crippen LogP contribution in [0.3, 0.4) is 0 Å². The maximum Gasteiger partial charge on any atom is 0.234 e. The summed E-state index contributed by atoms with van der Waals surface area (Å²) in [5.74, 6) is 0.0684. The molecule has 1 aromatic heterocycles. The van der Waals surface area contributed by atoms with Gasteiger partial charge in [0.25, 0.3) is 0 Å². The first kappa shape index (κ1) is 17.6. The largest absolute Gasteiger partial charge is 0.355 e. The zero-order valence-corrected chi connectivity index (χ0v) is 15.3. The normalized spacial score (nSPS) is 11.1. The van der Waals surface area contributed by atoms with Crippen LogP contribution in [0.4, 0.5) is 0 Å². The predicted molar refractivity (Wildman–Crippen MR) is 104 cm³/mol. The summed E-state index contributed by atoms with van der Waals surface area (Å²) in [5.41, 5.74) is 2.26. The second-order valence-corrected chi connectivity index (χ2v) is 7.08. The second-order valence-electron chi connectivity index (χ2n) is 5.96. The Labute approximate surface area is 152 Å². The van der Waals surface area contributed by atoms with Gasteiger partial charge in [-0.2, -0.15) is 0 Å². The van der Waals surface area contributed by atoms with E-state index in [4.69, 9.17) is 0 Å². The van der Waals surface area contributed by atoms with Crippen LogP contribution in [-0.4, -0.2) is 35.4 Å². The molecular weight excluding hydrogens is 330 g/mol. The summed E-state index contributed by atoms with van der Waals surface area (Å²) in [6, 6.07) is 18.4. The monoisotopic (exact) mass is 353 g/mol. The molecule has 25 heavy (non-hydrogen) atoms. The van der Waals surface area contributed by atoms with Crippen LogP contribution in [-0.2, 0) is 17.8 Å². The number of thiazole rings is 1. The first-order chi connectivity index (χ1) is 12.2. The molecule has 0 saturated heterocycles. The summed E-state index contributed by atoms with van der Waals surface area (Å²) in [4.78, 5) is 18.9. The van der Waals surface area contributed by atoms with Crippen molar-refractivity contribution in [1.29, 1.82) is 0 Å². The third-order valence-electron chi connectivity index (χ3n) is 4.06. The average molecular weight is 353 g/mol. The summed E-state index contributed by atoms with van der Waals surface area (Å²) < 4.78 is 1.20. The zero-order chi connectivity index (χ0) is 17.5. The van der Waals surface area contributed by atoms with Crippen molar-refractivity contribution in [1.82, 2.24) is 15.2 Å². The molecule has 4 nitrogen and oxygen atoms in total. The van der Waals surface area contributed by atoms with Crippen LogP contribution in [0.1, 0.15) is 17.5 Å². The highest BCUT2D eigenvalue weighted by Gasteiger charge is 2.10. The van der Waals surface area contributed by atoms with Gasteiger partial charge in [-0.25, -0.2) is 4.98 Å². The topological polar surface area (TPSA) is 45.2 Å². The van der Waals surface area contributed by atoms with Crippen molar-refractivity contribution >= 4 is 27.5 Å². The molecule has 0 bridgehead atoms. The van der Waals surface area contributed by atoms with Gasteiger partial charge in [-0.15, -0.1) is 11.3 Å². The van der Waals surface area contributed by atoms with Crippen LogP contribution in [0.15, 0.2) is 54.6 Å². The van der Waals surface area contributed by atoms with E-state index in [-0.39, 0.29) is 5.91 Å². The maximum absolute atomic E-state index is 12.2. The summed E-state index contributed by atoms with van der Waals surface area (Å²) in [7, 11) is 0. The molecule has 3 aromatic rings. The minimum atomic E-state index is 0.0684. The molecule has 0 aliphatic heterocycles. The van der Waals surface area contributed by atoms with E-state index in [2.05, 4.69) is 40.3 Å². The van der Waals surface area contributed by atoms with Crippen molar-refractivity contribution in [3.63, 3.8) is 0 Å². The number of likely N-dealkylation sites (N-methyl/N-ethyl adjacent to an activating group) is 1. The van der Waals surface area contributed by atoms with Gasteiger partial charge in [0.2, 0.25) is 5.91 Å². The minimum absolute atomic E-state index is 0.0684. The molecule has 1 N–H and O–H groups in total. The minimum Gasteiger partial charge on any atom is -0.355 e. The zero-order valence-electron chi connectivity index (χ0n) is 14.4. The fourth-order valence-corrected chi connectivity index (χ4v) is 3.68. The van der Waals surface area contributed by atoms with Gasteiger partial charge in [0.1, 0.15) is 0 Å². The number of carbonyl (C=O) groups excluding carboxylic acids is 1. The van der Waals surface area contributed by atoms with E-state index in [9.17, 15) is 4.79 Å². The highest BCUT2D eigenvalue weighted by molar-refractivity contribution is 7.18. The molecule has 0 radical (unpaired) electrons. The lowest BCUT2D eigenvalue weighted by molar-refractivity contribution is -0.122. The Morgan fingerprint density at radius 2 is 1.88 bits per heavy atom. The molecule has 1 amide bonds. The second kappa shape index (κ2) is 8.74. The van der Waals surface area contributed by atoms with E-state index in [0.29, 0.717) is 13.1 Å². The molecule has 5 heteroatoms. The van der Waals surface area contributed by atoms with Crippen molar-refractivity contribution in [2.75, 3.05) is 19.6 Å². The Hall–Kier alpha value is -2.24. The molecule has 0 saturated carbocycles. The van der Waals surface area contributed by atoms with Gasteiger partial charge in [-0.05, 0) is 24.2 Å². The van der Waals surface area contributed by atoms with Gasteiger partial charge in [0, 0.05) is 19.5 Å². The first-order valence-corrected chi connectivity index (χ1v) is 9.43. The lowest BCUT2D eigenvalue weighted by Crippen LogP contribution is -2.37. The fraction of sp³-hybridized carbons (Fsp3) is 0.300. The smallest absolute Gasteiger partial charge is 0.234 e. The molecular formula is C20H23N3OS. The number of benzene rings is 2. The van der Waals surface area contributed by atoms with Crippen LogP contribution in [0.5, 0.6) is 0 Å². The van der Waals surface area contributed by atoms with Crippen molar-refractivity contribution in [2.24, 2.45) is 0 Å². The van der Waals surface area contributed by atoms with E-state index in [0.717, 1.165) is 30.0 Å². The van der Waals surface area contributed by atoms with Crippen LogP contribution < -0.4 is 5.32 Å². The molecule has 2 aromatic carbocycles. The molecule has 0 spiro atoms. The number of para-hydroxylation sites is 1. The Morgan fingerprint density at radius 1 is 1.12 bits per heavy atom. The van der Waals surface area contributed by atoms with Gasteiger partial charge in [-0.1, -0.05) is 49.4 Å². The van der Waals surface area contributed by atoms with Crippen LogP contribution in [0.2, 0.25) is 0 Å². The number of nitrogens with one attached hydrogen (secondary N) is 1. The predicted octanol–water partition coefficient (Wildman–Crippen LogP) is 3.48. The Balaban J connectivity index is 1.45. The van der Waals surface area contributed by atoms with Gasteiger partial charge < -0.3 is 5.32 Å². The third kappa shape index (κ3) is 5.11.